The molecule has 10 heteroatoms. The van der Waals surface area contributed by atoms with E-state index in [9.17, 15) is 18.8 Å². The molecule has 0 radical (unpaired) electrons. The Labute approximate surface area is 195 Å². The Kier molecular flexibility index (Phi) is 5.02. The van der Waals surface area contributed by atoms with Gasteiger partial charge in [0.25, 0.3) is 5.91 Å². The van der Waals surface area contributed by atoms with E-state index < -0.39 is 29.2 Å². The number of fused-ring (bicyclic) bond motifs is 2. The van der Waals surface area contributed by atoms with Crippen LogP contribution in [0.2, 0.25) is 5.02 Å². The van der Waals surface area contributed by atoms with Crippen LogP contribution in [0.15, 0.2) is 51.7 Å². The monoisotopic (exact) mass is 484 g/mol. The normalized spacial score (nSPS) is 15.2. The number of halogens is 2. The van der Waals surface area contributed by atoms with Crippen LogP contribution in [0.5, 0.6) is 0 Å². The van der Waals surface area contributed by atoms with Gasteiger partial charge in [-0.25, -0.2) is 14.2 Å². The molecule has 7 nitrogen and oxygen atoms in total. The first-order valence-corrected chi connectivity index (χ1v) is 10.9. The number of aryl methyl sites for hydroxylation is 1. The first kappa shape index (κ1) is 21.3. The number of methoxy groups -OCH3 is 1. The summed E-state index contributed by atoms with van der Waals surface area (Å²) in [5, 5.41) is 0.737. The number of anilines is 1. The van der Waals surface area contributed by atoms with Crippen molar-refractivity contribution < 1.29 is 23.1 Å². The summed E-state index contributed by atoms with van der Waals surface area (Å²) < 4.78 is 24.3. The number of hydrogen-bond acceptors (Lipinski definition) is 7. The minimum absolute atomic E-state index is 0.0915. The van der Waals surface area contributed by atoms with Crippen molar-refractivity contribution in [3.8, 4) is 0 Å². The standard InChI is InChI=1S/C23H14ClFN2O5S/c1-10-20(22(30)31-2)33-23(26-10)27-17(11-3-6-13(25)7-4-11)16-18(28)14-9-12(24)5-8-15(14)32-19(16)21(27)29/h3-9,17H,1-2H3. The summed E-state index contributed by atoms with van der Waals surface area (Å²) in [7, 11) is 1.25. The second-order valence-corrected chi connectivity index (χ2v) is 8.76. The van der Waals surface area contributed by atoms with Crippen molar-refractivity contribution in [2.45, 2.75) is 13.0 Å². The number of thiazole rings is 1. The van der Waals surface area contributed by atoms with Gasteiger partial charge in [-0.1, -0.05) is 35.1 Å². The van der Waals surface area contributed by atoms with E-state index in [1.807, 2.05) is 0 Å². The van der Waals surface area contributed by atoms with Crippen LogP contribution in [0.4, 0.5) is 9.52 Å². The molecule has 3 heterocycles. The number of rotatable bonds is 3. The third kappa shape index (κ3) is 3.32. The van der Waals surface area contributed by atoms with E-state index in [0.717, 1.165) is 11.3 Å². The Hall–Kier alpha value is -3.56. The van der Waals surface area contributed by atoms with Crippen LogP contribution in [-0.2, 0) is 4.74 Å². The summed E-state index contributed by atoms with van der Waals surface area (Å²) in [6.07, 6.45) is 0. The fourth-order valence-electron chi connectivity index (χ4n) is 3.87. The molecular formula is C23H14ClFN2O5S. The maximum absolute atomic E-state index is 13.6. The van der Waals surface area contributed by atoms with Crippen molar-refractivity contribution >= 4 is 50.9 Å². The third-order valence-corrected chi connectivity index (χ3v) is 6.75. The Morgan fingerprint density at radius 2 is 1.94 bits per heavy atom. The quantitative estimate of drug-likeness (QED) is 0.385. The second kappa shape index (κ2) is 7.79. The minimum atomic E-state index is -0.941. The van der Waals surface area contributed by atoms with Crippen LogP contribution in [0.25, 0.3) is 11.0 Å². The number of amides is 1. The Balaban J connectivity index is 1.78. The van der Waals surface area contributed by atoms with E-state index in [2.05, 4.69) is 4.98 Å². The zero-order valence-corrected chi connectivity index (χ0v) is 18.8. The number of carbonyl (C=O) groups excluding carboxylic acids is 2. The average Bonchev–Trinajstić information content (AvgIpc) is 3.32. The van der Waals surface area contributed by atoms with Gasteiger partial charge in [-0.05, 0) is 42.8 Å². The molecule has 1 amide bonds. The first-order chi connectivity index (χ1) is 15.8. The van der Waals surface area contributed by atoms with Crippen molar-refractivity contribution in [3.05, 3.63) is 91.0 Å². The molecule has 0 N–H and O–H groups in total. The molecule has 2 aromatic heterocycles. The van der Waals surface area contributed by atoms with Crippen molar-refractivity contribution in [2.24, 2.45) is 0 Å². The topological polar surface area (TPSA) is 89.7 Å². The number of ether oxygens (including phenoxy) is 1. The van der Waals surface area contributed by atoms with E-state index in [-0.39, 0.29) is 32.3 Å². The lowest BCUT2D eigenvalue weighted by Gasteiger charge is -2.22. The summed E-state index contributed by atoms with van der Waals surface area (Å²) >= 11 is 7.04. The number of aromatic nitrogens is 1. The highest BCUT2D eigenvalue weighted by Crippen LogP contribution is 2.43. The molecule has 0 spiro atoms. The van der Waals surface area contributed by atoms with E-state index in [0.29, 0.717) is 16.3 Å². The SMILES string of the molecule is COC(=O)c1sc(N2C(=O)c3oc4ccc(Cl)cc4c(=O)c3C2c2ccc(F)cc2)nc1C. The molecule has 1 atom stereocenters. The molecule has 1 aliphatic heterocycles. The smallest absolute Gasteiger partial charge is 0.350 e. The fraction of sp³-hybridized carbons (Fsp3) is 0.130. The summed E-state index contributed by atoms with van der Waals surface area (Å²) in [6.45, 7) is 1.62. The Morgan fingerprint density at radius 1 is 1.21 bits per heavy atom. The van der Waals surface area contributed by atoms with E-state index in [4.69, 9.17) is 20.8 Å². The molecule has 1 aliphatic rings. The molecule has 0 aliphatic carbocycles. The van der Waals surface area contributed by atoms with Gasteiger partial charge in [-0.3, -0.25) is 14.5 Å². The summed E-state index contributed by atoms with van der Waals surface area (Å²) in [4.78, 5) is 45.0. The highest BCUT2D eigenvalue weighted by atomic mass is 35.5. The molecule has 166 valence electrons. The number of nitrogens with zero attached hydrogens (tertiary/aromatic N) is 2. The van der Waals surface area contributed by atoms with Gasteiger partial charge in [-0.2, -0.15) is 0 Å². The van der Waals surface area contributed by atoms with Gasteiger partial charge in [-0.15, -0.1) is 0 Å². The fourth-order valence-corrected chi connectivity index (χ4v) is 5.05. The summed E-state index contributed by atoms with van der Waals surface area (Å²) in [6, 6.07) is 9.05. The number of benzene rings is 2. The lowest BCUT2D eigenvalue weighted by atomic mass is 9.99. The van der Waals surface area contributed by atoms with Gasteiger partial charge >= 0.3 is 5.97 Å². The highest BCUT2D eigenvalue weighted by Gasteiger charge is 2.45. The van der Waals surface area contributed by atoms with Gasteiger partial charge in [0.1, 0.15) is 16.3 Å². The summed E-state index contributed by atoms with van der Waals surface area (Å²) in [5.41, 5.74) is 0.723. The van der Waals surface area contributed by atoms with Crippen molar-refractivity contribution in [1.29, 1.82) is 0 Å². The lowest BCUT2D eigenvalue weighted by molar-refractivity contribution is 0.0605. The van der Waals surface area contributed by atoms with Crippen LogP contribution >= 0.6 is 22.9 Å². The van der Waals surface area contributed by atoms with E-state index >= 15 is 0 Å². The maximum atomic E-state index is 13.6. The van der Waals surface area contributed by atoms with Crippen molar-refractivity contribution in [3.63, 3.8) is 0 Å². The van der Waals surface area contributed by atoms with Crippen molar-refractivity contribution in [2.75, 3.05) is 12.0 Å². The molecule has 5 rings (SSSR count). The number of hydrogen-bond donors (Lipinski definition) is 0. The molecule has 4 aromatic rings. The van der Waals surface area contributed by atoms with Crippen LogP contribution in [0.1, 0.15) is 43.1 Å². The van der Waals surface area contributed by atoms with Crippen LogP contribution in [-0.4, -0.2) is 24.0 Å². The molecular weight excluding hydrogens is 471 g/mol. The number of esters is 1. The highest BCUT2D eigenvalue weighted by molar-refractivity contribution is 7.17. The molecule has 2 aromatic carbocycles. The second-order valence-electron chi connectivity index (χ2n) is 7.35. The molecule has 33 heavy (non-hydrogen) atoms. The Bertz CT molecular complexity index is 1510. The van der Waals surface area contributed by atoms with E-state index in [1.165, 1.54) is 48.4 Å². The lowest BCUT2D eigenvalue weighted by Crippen LogP contribution is -2.29. The zero-order chi connectivity index (χ0) is 23.4. The van der Waals surface area contributed by atoms with Crippen molar-refractivity contribution in [1.82, 2.24) is 4.98 Å². The first-order valence-electron chi connectivity index (χ1n) is 9.71. The van der Waals surface area contributed by atoms with Gasteiger partial charge in [0, 0.05) is 5.02 Å². The third-order valence-electron chi connectivity index (χ3n) is 5.38. The van der Waals surface area contributed by atoms with E-state index in [1.54, 1.807) is 13.0 Å². The maximum Gasteiger partial charge on any atom is 0.350 e. The number of carbonyl (C=O) groups is 2. The predicted molar refractivity (Wildman–Crippen MR) is 121 cm³/mol. The molecule has 0 fully saturated rings. The predicted octanol–water partition coefficient (Wildman–Crippen LogP) is 4.89. The molecule has 0 bridgehead atoms. The minimum Gasteiger partial charge on any atom is -0.465 e. The zero-order valence-electron chi connectivity index (χ0n) is 17.2. The van der Waals surface area contributed by atoms with Crippen LogP contribution in [0, 0.1) is 12.7 Å². The largest absolute Gasteiger partial charge is 0.465 e. The van der Waals surface area contributed by atoms with Gasteiger partial charge < -0.3 is 9.15 Å². The van der Waals surface area contributed by atoms with Crippen LogP contribution < -0.4 is 10.3 Å². The molecule has 0 saturated heterocycles. The Morgan fingerprint density at radius 3 is 2.64 bits per heavy atom. The summed E-state index contributed by atoms with van der Waals surface area (Å²) in [5.74, 6) is -1.80. The van der Waals surface area contributed by atoms with Gasteiger partial charge in [0.15, 0.2) is 10.6 Å². The molecule has 0 saturated carbocycles. The van der Waals surface area contributed by atoms with Gasteiger partial charge in [0.05, 0.1) is 29.8 Å². The molecule has 1 unspecified atom stereocenters. The average molecular weight is 485 g/mol. The van der Waals surface area contributed by atoms with Crippen LogP contribution in [0.3, 0.4) is 0 Å². The van der Waals surface area contributed by atoms with Gasteiger partial charge in [0.2, 0.25) is 5.76 Å².